The minimum Gasteiger partial charge on any atom is -0.467 e. The average Bonchev–Trinajstić information content (AvgIpc) is 3.30. The van der Waals surface area contributed by atoms with Crippen molar-refractivity contribution in [1.82, 2.24) is 10.3 Å². The highest BCUT2D eigenvalue weighted by molar-refractivity contribution is 9.10. The van der Waals surface area contributed by atoms with E-state index in [1.54, 1.807) is 11.3 Å². The molecule has 0 saturated heterocycles. The lowest BCUT2D eigenvalue weighted by Crippen LogP contribution is -2.43. The van der Waals surface area contributed by atoms with Gasteiger partial charge >= 0.3 is 5.97 Å². The Morgan fingerprint density at radius 3 is 2.93 bits per heavy atom. The molecule has 0 bridgehead atoms. The van der Waals surface area contributed by atoms with Crippen molar-refractivity contribution in [3.05, 3.63) is 56.8 Å². The molecule has 0 aliphatic rings. The molecule has 0 aliphatic heterocycles. The van der Waals surface area contributed by atoms with Gasteiger partial charge in [0.15, 0.2) is 0 Å². The van der Waals surface area contributed by atoms with E-state index in [0.29, 0.717) is 12.8 Å². The molecule has 0 radical (unpaired) electrons. The van der Waals surface area contributed by atoms with Crippen LogP contribution in [0.3, 0.4) is 0 Å². The van der Waals surface area contributed by atoms with Crippen LogP contribution in [0.5, 0.6) is 0 Å². The van der Waals surface area contributed by atoms with Crippen molar-refractivity contribution in [2.24, 2.45) is 0 Å². The van der Waals surface area contributed by atoms with E-state index >= 15 is 0 Å². The standard InChI is InChI=1S/C20H21BrN2O3S/c1-26-20(25)18(23-19(24)6-2-4-15-5-3-9-27-15)10-13-12-22-17-8-7-14(21)11-16(13)17/h3,5,7-9,11-12,18,22H,2,4,6,10H2,1H3,(H,23,24)/t18-/m1/s1. The Morgan fingerprint density at radius 2 is 2.19 bits per heavy atom. The lowest BCUT2D eigenvalue weighted by atomic mass is 10.0. The Morgan fingerprint density at radius 1 is 1.33 bits per heavy atom. The molecule has 0 spiro atoms. The molecule has 3 aromatic rings. The van der Waals surface area contributed by atoms with Crippen LogP contribution in [-0.2, 0) is 27.2 Å². The predicted octanol–water partition coefficient (Wildman–Crippen LogP) is 4.22. The zero-order chi connectivity index (χ0) is 19.2. The molecule has 2 N–H and O–H groups in total. The van der Waals surface area contributed by atoms with Gasteiger partial charge in [0.05, 0.1) is 7.11 Å². The minimum absolute atomic E-state index is 0.136. The largest absolute Gasteiger partial charge is 0.467 e. The predicted molar refractivity (Wildman–Crippen MR) is 111 cm³/mol. The second kappa shape index (κ2) is 9.19. The van der Waals surface area contributed by atoms with Crippen LogP contribution in [0.2, 0.25) is 0 Å². The second-order valence-electron chi connectivity index (χ2n) is 6.28. The van der Waals surface area contributed by atoms with Gasteiger partial charge in [0.1, 0.15) is 6.04 Å². The number of hydrogen-bond donors (Lipinski definition) is 2. The zero-order valence-electron chi connectivity index (χ0n) is 15.0. The number of aryl methyl sites for hydroxylation is 1. The minimum atomic E-state index is -0.706. The number of carbonyl (C=O) groups is 2. The lowest BCUT2D eigenvalue weighted by molar-refractivity contribution is -0.145. The molecule has 0 fully saturated rings. The molecule has 2 aromatic heterocycles. The number of ether oxygens (including phenoxy) is 1. The Labute approximate surface area is 170 Å². The van der Waals surface area contributed by atoms with Gasteiger partial charge in [-0.3, -0.25) is 4.79 Å². The summed E-state index contributed by atoms with van der Waals surface area (Å²) in [5, 5.41) is 5.88. The van der Waals surface area contributed by atoms with Crippen LogP contribution in [-0.4, -0.2) is 30.0 Å². The summed E-state index contributed by atoms with van der Waals surface area (Å²) < 4.78 is 5.85. The summed E-state index contributed by atoms with van der Waals surface area (Å²) in [5.74, 6) is -0.575. The first kappa shape index (κ1) is 19.6. The van der Waals surface area contributed by atoms with Crippen LogP contribution in [0, 0.1) is 0 Å². The van der Waals surface area contributed by atoms with E-state index in [1.165, 1.54) is 12.0 Å². The van der Waals surface area contributed by atoms with Crippen molar-refractivity contribution in [3.63, 3.8) is 0 Å². The number of esters is 1. The third-order valence-corrected chi connectivity index (χ3v) is 5.81. The summed E-state index contributed by atoms with van der Waals surface area (Å²) in [4.78, 5) is 29.0. The van der Waals surface area contributed by atoms with Gasteiger partial charge in [0, 0.05) is 39.3 Å². The molecular formula is C20H21BrN2O3S. The first-order valence-corrected chi connectivity index (χ1v) is 10.4. The molecule has 0 unspecified atom stereocenters. The number of nitrogens with one attached hydrogen (secondary N) is 2. The van der Waals surface area contributed by atoms with Gasteiger partial charge in [0.25, 0.3) is 0 Å². The number of H-pyrrole nitrogens is 1. The number of thiophene rings is 1. The van der Waals surface area contributed by atoms with Gasteiger partial charge in [-0.05, 0) is 48.1 Å². The maximum atomic E-state index is 12.3. The summed E-state index contributed by atoms with van der Waals surface area (Å²) in [7, 11) is 1.34. The summed E-state index contributed by atoms with van der Waals surface area (Å²) in [6.07, 6.45) is 4.24. The Kier molecular flexibility index (Phi) is 6.68. The van der Waals surface area contributed by atoms with Crippen LogP contribution >= 0.6 is 27.3 Å². The highest BCUT2D eigenvalue weighted by Crippen LogP contribution is 2.24. The summed E-state index contributed by atoms with van der Waals surface area (Å²) in [5.41, 5.74) is 1.94. The maximum Gasteiger partial charge on any atom is 0.328 e. The van der Waals surface area contributed by atoms with Crippen molar-refractivity contribution in [2.75, 3.05) is 7.11 Å². The number of aromatic amines is 1. The molecule has 142 valence electrons. The molecule has 3 rings (SSSR count). The van der Waals surface area contributed by atoms with Crippen molar-refractivity contribution in [1.29, 1.82) is 0 Å². The van der Waals surface area contributed by atoms with Crippen LogP contribution in [0.15, 0.2) is 46.4 Å². The number of methoxy groups -OCH3 is 1. The molecule has 0 saturated carbocycles. The van der Waals surface area contributed by atoms with Gasteiger partial charge in [-0.2, -0.15) is 0 Å². The van der Waals surface area contributed by atoms with E-state index in [2.05, 4.69) is 32.3 Å². The first-order chi connectivity index (χ1) is 13.1. The fraction of sp³-hybridized carbons (Fsp3) is 0.300. The SMILES string of the molecule is COC(=O)[C@@H](Cc1c[nH]c2ccc(Br)cc12)NC(=O)CCCc1cccs1. The highest BCUT2D eigenvalue weighted by Gasteiger charge is 2.23. The normalized spacial score (nSPS) is 12.1. The molecule has 0 aliphatic carbocycles. The van der Waals surface area contributed by atoms with E-state index in [0.717, 1.165) is 33.8 Å². The molecule has 1 amide bonds. The van der Waals surface area contributed by atoms with Gasteiger partial charge in [-0.1, -0.05) is 22.0 Å². The number of amides is 1. The van der Waals surface area contributed by atoms with E-state index < -0.39 is 12.0 Å². The average molecular weight is 449 g/mol. The lowest BCUT2D eigenvalue weighted by Gasteiger charge is -2.16. The van der Waals surface area contributed by atoms with Crippen LogP contribution in [0.25, 0.3) is 10.9 Å². The van der Waals surface area contributed by atoms with Gasteiger partial charge in [0.2, 0.25) is 5.91 Å². The first-order valence-electron chi connectivity index (χ1n) is 8.72. The maximum absolute atomic E-state index is 12.3. The van der Waals surface area contributed by atoms with Crippen molar-refractivity contribution in [2.45, 2.75) is 31.7 Å². The number of benzene rings is 1. The van der Waals surface area contributed by atoms with Crippen molar-refractivity contribution in [3.8, 4) is 0 Å². The summed E-state index contributed by atoms with van der Waals surface area (Å²) >= 11 is 5.16. The topological polar surface area (TPSA) is 71.2 Å². The molecular weight excluding hydrogens is 428 g/mol. The molecule has 1 atom stereocenters. The number of hydrogen-bond acceptors (Lipinski definition) is 4. The quantitative estimate of drug-likeness (QED) is 0.506. The summed E-state index contributed by atoms with van der Waals surface area (Å²) in [6, 6.07) is 9.29. The summed E-state index contributed by atoms with van der Waals surface area (Å²) in [6.45, 7) is 0. The number of rotatable bonds is 8. The molecule has 5 nitrogen and oxygen atoms in total. The molecule has 7 heteroatoms. The van der Waals surface area contributed by atoms with Crippen molar-refractivity contribution < 1.29 is 14.3 Å². The van der Waals surface area contributed by atoms with Crippen LogP contribution < -0.4 is 5.32 Å². The Bertz CT molecular complexity index is 921. The second-order valence-corrected chi connectivity index (χ2v) is 8.23. The van der Waals surface area contributed by atoms with Crippen LogP contribution in [0.1, 0.15) is 23.3 Å². The van der Waals surface area contributed by atoms with Gasteiger partial charge < -0.3 is 15.0 Å². The van der Waals surface area contributed by atoms with Gasteiger partial charge in [-0.25, -0.2) is 4.79 Å². The number of carbonyl (C=O) groups excluding carboxylic acids is 2. The number of fused-ring (bicyclic) bond motifs is 1. The van der Waals surface area contributed by atoms with Crippen LogP contribution in [0.4, 0.5) is 0 Å². The fourth-order valence-corrected chi connectivity index (χ4v) is 4.13. The monoisotopic (exact) mass is 448 g/mol. The third-order valence-electron chi connectivity index (χ3n) is 4.38. The molecule has 2 heterocycles. The van der Waals surface area contributed by atoms with Gasteiger partial charge in [-0.15, -0.1) is 11.3 Å². The Hall–Kier alpha value is -2.12. The van der Waals surface area contributed by atoms with E-state index in [9.17, 15) is 9.59 Å². The fourth-order valence-electron chi connectivity index (χ4n) is 3.02. The van der Waals surface area contributed by atoms with E-state index in [-0.39, 0.29) is 5.91 Å². The Balaban J connectivity index is 1.63. The highest BCUT2D eigenvalue weighted by atomic mass is 79.9. The zero-order valence-corrected chi connectivity index (χ0v) is 17.4. The van der Waals surface area contributed by atoms with E-state index in [4.69, 9.17) is 4.74 Å². The molecule has 1 aromatic carbocycles. The third kappa shape index (κ3) is 5.20. The number of halogens is 1. The molecule has 27 heavy (non-hydrogen) atoms. The van der Waals surface area contributed by atoms with E-state index in [1.807, 2.05) is 35.8 Å². The van der Waals surface area contributed by atoms with Crippen molar-refractivity contribution >= 4 is 50.0 Å². The number of aromatic nitrogens is 1. The smallest absolute Gasteiger partial charge is 0.328 e.